The van der Waals surface area contributed by atoms with E-state index in [2.05, 4.69) is 41.4 Å². The van der Waals surface area contributed by atoms with Gasteiger partial charge in [-0.15, -0.1) is 24.8 Å². The smallest absolute Gasteiger partial charge is 0.241 e. The highest BCUT2D eigenvalue weighted by Gasteiger charge is 2.32. The number of likely N-dealkylation sites (tertiary alicyclic amines) is 1. The summed E-state index contributed by atoms with van der Waals surface area (Å²) in [4.78, 5) is 15.1. The van der Waals surface area contributed by atoms with Gasteiger partial charge >= 0.3 is 0 Å². The van der Waals surface area contributed by atoms with Gasteiger partial charge in [0, 0.05) is 37.4 Å². The molecule has 0 bridgehead atoms. The summed E-state index contributed by atoms with van der Waals surface area (Å²) in [5.41, 5.74) is 0.857. The van der Waals surface area contributed by atoms with Crippen LogP contribution in [0.5, 0.6) is 0 Å². The maximum absolute atomic E-state index is 12.6. The minimum atomic E-state index is -0.362. The van der Waals surface area contributed by atoms with Crippen LogP contribution in [0, 0.1) is 5.92 Å². The van der Waals surface area contributed by atoms with E-state index in [0.717, 1.165) is 24.6 Å². The quantitative estimate of drug-likeness (QED) is 0.728. The Morgan fingerprint density at radius 1 is 1.42 bits per heavy atom. The van der Waals surface area contributed by atoms with E-state index in [4.69, 9.17) is 0 Å². The van der Waals surface area contributed by atoms with Gasteiger partial charge in [0.15, 0.2) is 0 Å². The zero-order chi connectivity index (χ0) is 17.7. The maximum Gasteiger partial charge on any atom is 0.241 e. The van der Waals surface area contributed by atoms with E-state index in [0.29, 0.717) is 6.54 Å². The molecule has 2 unspecified atom stereocenters. The molecule has 1 aromatic rings. The molecular weight excluding hydrogens is 373 g/mol. The molecule has 2 atom stereocenters. The second kappa shape index (κ2) is 11.1. The molecular formula is C18H35Cl2N5O. The zero-order valence-electron chi connectivity index (χ0n) is 16.6. The van der Waals surface area contributed by atoms with Crippen molar-refractivity contribution >= 4 is 30.7 Å². The van der Waals surface area contributed by atoms with Gasteiger partial charge in [-0.25, -0.2) is 0 Å². The second-order valence-electron chi connectivity index (χ2n) is 7.56. The van der Waals surface area contributed by atoms with Gasteiger partial charge in [-0.05, 0) is 46.2 Å². The molecule has 1 amide bonds. The van der Waals surface area contributed by atoms with Crippen molar-refractivity contribution in [1.82, 2.24) is 25.3 Å². The average Bonchev–Trinajstić information content (AvgIpc) is 3.00. The summed E-state index contributed by atoms with van der Waals surface area (Å²) in [6, 6.07) is -0.362. The van der Waals surface area contributed by atoms with Crippen molar-refractivity contribution in [1.29, 1.82) is 0 Å². The van der Waals surface area contributed by atoms with Crippen molar-refractivity contribution in [2.45, 2.75) is 51.6 Å². The third-order valence-electron chi connectivity index (χ3n) is 5.26. The first kappa shape index (κ1) is 25.2. The molecule has 1 saturated heterocycles. The summed E-state index contributed by atoms with van der Waals surface area (Å²) in [5, 5.41) is 10.4. The fourth-order valence-corrected chi connectivity index (χ4v) is 3.50. The number of aryl methyl sites for hydroxylation is 1. The number of nitrogens with zero attached hydrogens (tertiary/aromatic N) is 3. The van der Waals surface area contributed by atoms with Crippen LogP contribution in [-0.4, -0.2) is 52.8 Å². The predicted molar refractivity (Wildman–Crippen MR) is 111 cm³/mol. The second-order valence-corrected chi connectivity index (χ2v) is 7.56. The van der Waals surface area contributed by atoms with Gasteiger partial charge in [0.2, 0.25) is 5.91 Å². The molecule has 2 rings (SSSR count). The minimum absolute atomic E-state index is 0. The molecule has 6 nitrogen and oxygen atoms in total. The lowest BCUT2D eigenvalue weighted by molar-refractivity contribution is -0.123. The normalized spacial score (nSPS) is 19.2. The van der Waals surface area contributed by atoms with Crippen LogP contribution in [0.4, 0.5) is 0 Å². The number of aromatic nitrogens is 2. The molecule has 0 spiro atoms. The standard InChI is InChI=1S/C18H33N5O.2ClH/c1-6-14-8-7-9-23(11-14)18(2,3)13-20-17(24)16(19-4)15-10-21-22(5)12-15;;/h10,12,14,16,19H,6-9,11,13H2,1-5H3,(H,20,24);2*1H. The van der Waals surface area contributed by atoms with Crippen LogP contribution in [0.1, 0.15) is 51.6 Å². The van der Waals surface area contributed by atoms with Crippen LogP contribution < -0.4 is 10.6 Å². The van der Waals surface area contributed by atoms with Crippen LogP contribution in [0.25, 0.3) is 0 Å². The summed E-state index contributed by atoms with van der Waals surface area (Å²) in [6.45, 7) is 9.64. The van der Waals surface area contributed by atoms with Crippen molar-refractivity contribution in [3.8, 4) is 0 Å². The Hall–Kier alpha value is -0.820. The lowest BCUT2D eigenvalue weighted by atomic mass is 9.91. The van der Waals surface area contributed by atoms with Crippen molar-refractivity contribution < 1.29 is 4.79 Å². The molecule has 0 aliphatic carbocycles. The predicted octanol–water partition coefficient (Wildman–Crippen LogP) is 2.54. The van der Waals surface area contributed by atoms with E-state index in [1.54, 1.807) is 17.9 Å². The maximum atomic E-state index is 12.6. The number of carbonyl (C=O) groups is 1. The van der Waals surface area contributed by atoms with Crippen LogP contribution in [-0.2, 0) is 11.8 Å². The molecule has 2 N–H and O–H groups in total. The summed E-state index contributed by atoms with van der Waals surface area (Å²) in [6.07, 6.45) is 7.44. The third-order valence-corrected chi connectivity index (χ3v) is 5.26. The Kier molecular flexibility index (Phi) is 10.8. The van der Waals surface area contributed by atoms with E-state index in [1.807, 2.05) is 13.2 Å². The average molecular weight is 408 g/mol. The van der Waals surface area contributed by atoms with Crippen LogP contribution in [0.2, 0.25) is 0 Å². The van der Waals surface area contributed by atoms with Gasteiger partial charge in [-0.1, -0.05) is 13.3 Å². The van der Waals surface area contributed by atoms with Gasteiger partial charge in [-0.2, -0.15) is 5.10 Å². The summed E-state index contributed by atoms with van der Waals surface area (Å²) < 4.78 is 1.72. The topological polar surface area (TPSA) is 62.2 Å². The number of piperidine rings is 1. The number of nitrogens with one attached hydrogen (secondary N) is 2. The summed E-state index contributed by atoms with van der Waals surface area (Å²) in [7, 11) is 3.66. The Labute approximate surface area is 170 Å². The molecule has 0 saturated carbocycles. The lowest BCUT2D eigenvalue weighted by Gasteiger charge is -2.43. The minimum Gasteiger partial charge on any atom is -0.353 e. The fraction of sp³-hybridized carbons (Fsp3) is 0.778. The first-order valence-electron chi connectivity index (χ1n) is 9.06. The molecule has 1 fully saturated rings. The fourth-order valence-electron chi connectivity index (χ4n) is 3.50. The van der Waals surface area contributed by atoms with Crippen molar-refractivity contribution in [2.24, 2.45) is 13.0 Å². The first-order chi connectivity index (χ1) is 11.4. The molecule has 0 radical (unpaired) electrons. The van der Waals surface area contributed by atoms with Crippen molar-refractivity contribution in [3.05, 3.63) is 18.0 Å². The van der Waals surface area contributed by atoms with Gasteiger partial charge in [0.05, 0.1) is 6.20 Å². The lowest BCUT2D eigenvalue weighted by Crippen LogP contribution is -2.55. The van der Waals surface area contributed by atoms with E-state index in [1.165, 1.54) is 19.3 Å². The Morgan fingerprint density at radius 3 is 2.65 bits per heavy atom. The van der Waals surface area contributed by atoms with E-state index in [-0.39, 0.29) is 42.3 Å². The van der Waals surface area contributed by atoms with E-state index in [9.17, 15) is 4.79 Å². The molecule has 26 heavy (non-hydrogen) atoms. The van der Waals surface area contributed by atoms with Crippen molar-refractivity contribution in [3.63, 3.8) is 0 Å². The van der Waals surface area contributed by atoms with Crippen LogP contribution in [0.15, 0.2) is 12.4 Å². The number of hydrogen-bond donors (Lipinski definition) is 2. The highest BCUT2D eigenvalue weighted by molar-refractivity contribution is 5.85. The van der Waals surface area contributed by atoms with Gasteiger partial charge in [-0.3, -0.25) is 14.4 Å². The summed E-state index contributed by atoms with van der Waals surface area (Å²) >= 11 is 0. The van der Waals surface area contributed by atoms with Crippen LogP contribution >= 0.6 is 24.8 Å². The highest BCUT2D eigenvalue weighted by Crippen LogP contribution is 2.25. The monoisotopic (exact) mass is 407 g/mol. The molecule has 8 heteroatoms. The summed E-state index contributed by atoms with van der Waals surface area (Å²) in [5.74, 6) is 0.789. The number of carbonyl (C=O) groups excluding carboxylic acids is 1. The largest absolute Gasteiger partial charge is 0.353 e. The number of likely N-dealkylation sites (N-methyl/N-ethyl adjacent to an activating group) is 1. The number of hydrogen-bond acceptors (Lipinski definition) is 4. The molecule has 152 valence electrons. The SMILES string of the molecule is CCC1CCCN(C(C)(C)CNC(=O)C(NC)c2cnn(C)c2)C1.Cl.Cl. The molecule has 0 aromatic carbocycles. The number of halogens is 2. The molecule has 1 aliphatic heterocycles. The van der Waals surface area contributed by atoms with Crippen LogP contribution in [0.3, 0.4) is 0 Å². The number of rotatable bonds is 7. The zero-order valence-corrected chi connectivity index (χ0v) is 18.3. The van der Waals surface area contributed by atoms with Gasteiger partial charge < -0.3 is 10.6 Å². The van der Waals surface area contributed by atoms with Gasteiger partial charge in [0.1, 0.15) is 6.04 Å². The van der Waals surface area contributed by atoms with E-state index >= 15 is 0 Å². The molecule has 1 aromatic heterocycles. The Balaban J connectivity index is 0.00000312. The molecule has 2 heterocycles. The molecule has 1 aliphatic rings. The van der Waals surface area contributed by atoms with Crippen molar-refractivity contribution in [2.75, 3.05) is 26.7 Å². The Bertz CT molecular complexity index is 549. The number of amides is 1. The first-order valence-corrected chi connectivity index (χ1v) is 9.06. The highest BCUT2D eigenvalue weighted by atomic mass is 35.5. The third kappa shape index (κ3) is 6.41. The Morgan fingerprint density at radius 2 is 2.12 bits per heavy atom. The van der Waals surface area contributed by atoms with E-state index < -0.39 is 0 Å². The van der Waals surface area contributed by atoms with Gasteiger partial charge in [0.25, 0.3) is 0 Å².